The average Bonchev–Trinajstić information content (AvgIpc) is 2.87. The molecule has 1 amide bonds. The van der Waals surface area contributed by atoms with E-state index >= 15 is 0 Å². The predicted octanol–water partition coefficient (Wildman–Crippen LogP) is 2.29. The lowest BCUT2D eigenvalue weighted by molar-refractivity contribution is -0.156. The molecule has 0 bridgehead atoms. The quantitative estimate of drug-likeness (QED) is 0.797. The van der Waals surface area contributed by atoms with Crippen LogP contribution in [0.5, 0.6) is 0 Å². The third-order valence-electron chi connectivity index (χ3n) is 4.22. The van der Waals surface area contributed by atoms with Crippen LogP contribution in [0.1, 0.15) is 58.3 Å². The second-order valence-electron chi connectivity index (χ2n) is 5.26. The summed E-state index contributed by atoms with van der Waals surface area (Å²) in [5.41, 5.74) is -0.803. The zero-order chi connectivity index (χ0) is 11.6. The molecule has 2 fully saturated rings. The number of rotatable bonds is 4. The van der Waals surface area contributed by atoms with E-state index in [-0.39, 0.29) is 5.91 Å². The van der Waals surface area contributed by atoms with Crippen LogP contribution in [0.4, 0.5) is 0 Å². The summed E-state index contributed by atoms with van der Waals surface area (Å²) < 4.78 is 0. The summed E-state index contributed by atoms with van der Waals surface area (Å²) in [6, 6.07) is 0. The molecule has 0 radical (unpaired) electrons. The van der Waals surface area contributed by atoms with E-state index in [2.05, 4.69) is 6.92 Å². The monoisotopic (exact) mass is 225 g/mol. The van der Waals surface area contributed by atoms with Crippen LogP contribution in [-0.4, -0.2) is 28.2 Å². The molecule has 0 aromatic rings. The fourth-order valence-electron chi connectivity index (χ4n) is 3.22. The largest absolute Gasteiger partial charge is 0.370 e. The van der Waals surface area contributed by atoms with E-state index in [0.29, 0.717) is 18.8 Å². The maximum atomic E-state index is 11.8. The second kappa shape index (κ2) is 4.74. The number of unbranched alkanes of at least 4 members (excludes halogenated alkanes) is 1. The van der Waals surface area contributed by atoms with Crippen molar-refractivity contribution in [1.82, 2.24) is 4.90 Å². The summed E-state index contributed by atoms with van der Waals surface area (Å²) in [5, 5.41) is 10.8. The van der Waals surface area contributed by atoms with E-state index in [9.17, 15) is 9.90 Å². The van der Waals surface area contributed by atoms with Crippen LogP contribution in [0.15, 0.2) is 0 Å². The molecule has 2 rings (SSSR count). The van der Waals surface area contributed by atoms with Crippen LogP contribution < -0.4 is 0 Å². The maximum absolute atomic E-state index is 11.8. The molecule has 2 aliphatic rings. The Balaban J connectivity index is 2.07. The van der Waals surface area contributed by atoms with E-state index in [1.807, 2.05) is 0 Å². The molecule has 16 heavy (non-hydrogen) atoms. The van der Waals surface area contributed by atoms with Gasteiger partial charge in [0.2, 0.25) is 5.91 Å². The summed E-state index contributed by atoms with van der Waals surface area (Å²) in [6.07, 6.45) is 7.87. The van der Waals surface area contributed by atoms with Crippen molar-refractivity contribution >= 4 is 5.91 Å². The van der Waals surface area contributed by atoms with E-state index in [0.717, 1.165) is 32.2 Å². The van der Waals surface area contributed by atoms with Crippen molar-refractivity contribution in [2.75, 3.05) is 6.54 Å². The van der Waals surface area contributed by atoms with Gasteiger partial charge in [-0.15, -0.1) is 0 Å². The predicted molar refractivity (Wildman–Crippen MR) is 62.8 cm³/mol. The number of hydrogen-bond acceptors (Lipinski definition) is 2. The molecule has 1 saturated carbocycles. The maximum Gasteiger partial charge on any atom is 0.225 e. The Bertz CT molecular complexity index is 261. The molecule has 0 aromatic heterocycles. The molecular formula is C13H23NO2. The summed E-state index contributed by atoms with van der Waals surface area (Å²) in [7, 11) is 0. The van der Waals surface area contributed by atoms with Crippen LogP contribution in [0.3, 0.4) is 0 Å². The zero-order valence-electron chi connectivity index (χ0n) is 10.2. The van der Waals surface area contributed by atoms with Crippen molar-refractivity contribution in [1.29, 1.82) is 0 Å². The normalized spacial score (nSPS) is 31.6. The first-order valence-electron chi connectivity index (χ1n) is 6.71. The summed E-state index contributed by atoms with van der Waals surface area (Å²) in [5.74, 6) is 0.485. The van der Waals surface area contributed by atoms with Gasteiger partial charge in [0.25, 0.3) is 0 Å². The van der Waals surface area contributed by atoms with Crippen LogP contribution in [0, 0.1) is 5.92 Å². The first kappa shape index (κ1) is 11.9. The SMILES string of the molecule is CCCCN1C(=O)CCC1(O)C1CCCC1. The lowest BCUT2D eigenvalue weighted by Crippen LogP contribution is -2.50. The van der Waals surface area contributed by atoms with Crippen LogP contribution in [0.25, 0.3) is 0 Å². The Kier molecular flexibility index (Phi) is 3.53. The summed E-state index contributed by atoms with van der Waals surface area (Å²) >= 11 is 0. The highest BCUT2D eigenvalue weighted by atomic mass is 16.3. The minimum atomic E-state index is -0.803. The third kappa shape index (κ3) is 1.97. The van der Waals surface area contributed by atoms with Crippen molar-refractivity contribution in [3.8, 4) is 0 Å². The first-order valence-corrected chi connectivity index (χ1v) is 6.71. The second-order valence-corrected chi connectivity index (χ2v) is 5.26. The molecule has 1 unspecified atom stereocenters. The Morgan fingerprint density at radius 1 is 1.44 bits per heavy atom. The average molecular weight is 225 g/mol. The number of carbonyl (C=O) groups is 1. The van der Waals surface area contributed by atoms with Gasteiger partial charge < -0.3 is 10.0 Å². The number of carbonyl (C=O) groups excluding carboxylic acids is 1. The highest BCUT2D eigenvalue weighted by molar-refractivity contribution is 5.79. The summed E-state index contributed by atoms with van der Waals surface area (Å²) in [4.78, 5) is 13.6. The van der Waals surface area contributed by atoms with E-state index in [1.165, 1.54) is 12.8 Å². The van der Waals surface area contributed by atoms with Crippen LogP contribution in [0.2, 0.25) is 0 Å². The lowest BCUT2D eigenvalue weighted by atomic mass is 9.91. The van der Waals surface area contributed by atoms with E-state index in [4.69, 9.17) is 0 Å². The summed E-state index contributed by atoms with van der Waals surface area (Å²) in [6.45, 7) is 2.86. The molecule has 92 valence electrons. The van der Waals surface area contributed by atoms with Gasteiger partial charge >= 0.3 is 0 Å². The zero-order valence-corrected chi connectivity index (χ0v) is 10.2. The molecule has 1 heterocycles. The number of aliphatic hydroxyl groups is 1. The molecule has 3 heteroatoms. The fourth-order valence-corrected chi connectivity index (χ4v) is 3.22. The molecule has 1 aliphatic heterocycles. The lowest BCUT2D eigenvalue weighted by Gasteiger charge is -2.38. The molecule has 1 N–H and O–H groups in total. The van der Waals surface area contributed by atoms with Gasteiger partial charge in [0.1, 0.15) is 5.72 Å². The van der Waals surface area contributed by atoms with E-state index in [1.54, 1.807) is 4.90 Å². The van der Waals surface area contributed by atoms with Crippen molar-refractivity contribution < 1.29 is 9.90 Å². The van der Waals surface area contributed by atoms with Crippen LogP contribution in [-0.2, 0) is 4.79 Å². The van der Waals surface area contributed by atoms with Gasteiger partial charge in [-0.1, -0.05) is 26.2 Å². The Labute approximate surface area is 97.8 Å². The third-order valence-corrected chi connectivity index (χ3v) is 4.22. The molecule has 1 saturated heterocycles. The van der Waals surface area contributed by atoms with Crippen molar-refractivity contribution in [3.63, 3.8) is 0 Å². The standard InChI is InChI=1S/C13H23NO2/c1-2-3-10-14-12(15)8-9-13(14,16)11-6-4-5-7-11/h11,16H,2-10H2,1H3. The minimum absolute atomic E-state index is 0.155. The van der Waals surface area contributed by atoms with Crippen molar-refractivity contribution in [2.45, 2.75) is 64.0 Å². The van der Waals surface area contributed by atoms with Gasteiger partial charge in [-0.3, -0.25) is 4.79 Å². The Morgan fingerprint density at radius 3 is 2.75 bits per heavy atom. The van der Waals surface area contributed by atoms with Gasteiger partial charge in [0.05, 0.1) is 0 Å². The van der Waals surface area contributed by atoms with Crippen LogP contribution >= 0.6 is 0 Å². The van der Waals surface area contributed by atoms with Gasteiger partial charge in [-0.25, -0.2) is 0 Å². The Morgan fingerprint density at radius 2 is 2.12 bits per heavy atom. The molecule has 3 nitrogen and oxygen atoms in total. The minimum Gasteiger partial charge on any atom is -0.370 e. The molecule has 0 spiro atoms. The molecule has 0 aromatic carbocycles. The highest BCUT2D eigenvalue weighted by Crippen LogP contribution is 2.42. The number of nitrogens with zero attached hydrogens (tertiary/aromatic N) is 1. The Hall–Kier alpha value is -0.570. The molecule has 1 atom stereocenters. The number of likely N-dealkylation sites (tertiary alicyclic amines) is 1. The van der Waals surface area contributed by atoms with Gasteiger partial charge in [-0.2, -0.15) is 0 Å². The number of amides is 1. The van der Waals surface area contributed by atoms with Gasteiger partial charge in [0.15, 0.2) is 0 Å². The molecular weight excluding hydrogens is 202 g/mol. The topological polar surface area (TPSA) is 40.5 Å². The molecule has 1 aliphatic carbocycles. The highest BCUT2D eigenvalue weighted by Gasteiger charge is 2.49. The van der Waals surface area contributed by atoms with Gasteiger partial charge in [-0.05, 0) is 19.3 Å². The first-order chi connectivity index (χ1) is 7.68. The number of hydrogen-bond donors (Lipinski definition) is 1. The van der Waals surface area contributed by atoms with E-state index < -0.39 is 5.72 Å². The van der Waals surface area contributed by atoms with Gasteiger partial charge in [0, 0.05) is 25.3 Å². The van der Waals surface area contributed by atoms with Crippen molar-refractivity contribution in [3.05, 3.63) is 0 Å². The smallest absolute Gasteiger partial charge is 0.225 e. The van der Waals surface area contributed by atoms with Crippen molar-refractivity contribution in [2.24, 2.45) is 5.92 Å². The fraction of sp³-hybridized carbons (Fsp3) is 0.923.